The molecule has 0 atom stereocenters. The summed E-state index contributed by atoms with van der Waals surface area (Å²) in [6, 6.07) is 20.0. The second-order valence-corrected chi connectivity index (χ2v) is 7.57. The highest BCUT2D eigenvalue weighted by atomic mass is 35.5. The van der Waals surface area contributed by atoms with Crippen molar-refractivity contribution in [3.63, 3.8) is 0 Å². The first-order chi connectivity index (χ1) is 14.3. The molecule has 0 amide bonds. The third kappa shape index (κ3) is 3.44. The van der Waals surface area contributed by atoms with Crippen LogP contribution in [0.5, 0.6) is 0 Å². The highest BCUT2D eigenvalue weighted by Gasteiger charge is 2.12. The van der Waals surface area contributed by atoms with Crippen LogP contribution in [0, 0.1) is 0 Å². The molecule has 0 aliphatic carbocycles. The monoisotopic (exact) mass is 415 g/mol. The van der Waals surface area contributed by atoms with Gasteiger partial charge < -0.3 is 0 Å². The molecule has 0 saturated carbocycles. The summed E-state index contributed by atoms with van der Waals surface area (Å²) in [7, 11) is 0. The Bertz CT molecular complexity index is 1350. The van der Waals surface area contributed by atoms with Gasteiger partial charge in [0.2, 0.25) is 0 Å². The van der Waals surface area contributed by atoms with Gasteiger partial charge in [-0.3, -0.25) is 5.43 Å². The predicted octanol–water partition coefficient (Wildman–Crippen LogP) is 6.01. The molecule has 0 aliphatic rings. The van der Waals surface area contributed by atoms with Gasteiger partial charge in [0.25, 0.3) is 0 Å². The zero-order chi connectivity index (χ0) is 19.6. The molecule has 0 spiro atoms. The third-order valence-corrected chi connectivity index (χ3v) is 5.72. The van der Waals surface area contributed by atoms with E-state index in [0.29, 0.717) is 11.0 Å². The number of hydrogen-bond acceptors (Lipinski definition) is 6. The van der Waals surface area contributed by atoms with Crippen molar-refractivity contribution in [3.05, 3.63) is 83.1 Å². The maximum atomic E-state index is 6.31. The molecule has 5 aromatic rings. The largest absolute Gasteiger partial charge is 0.261 e. The van der Waals surface area contributed by atoms with Gasteiger partial charge in [-0.25, -0.2) is 15.0 Å². The maximum absolute atomic E-state index is 6.31. The summed E-state index contributed by atoms with van der Waals surface area (Å²) < 4.78 is 0. The topological polar surface area (TPSA) is 63.1 Å². The Morgan fingerprint density at radius 1 is 1.00 bits per heavy atom. The van der Waals surface area contributed by atoms with E-state index in [4.69, 9.17) is 11.6 Å². The van der Waals surface area contributed by atoms with Crippen LogP contribution in [0.1, 0.15) is 5.56 Å². The molecule has 0 unspecified atom stereocenters. The standard InChI is InChI=1S/C22H14ClN5S/c23-20-16(10-15-8-4-5-9-18(15)27-20)11-26-28-21-19-17(14-6-2-1-3-7-14)12-29-22(19)25-13-24-21/h1-13H,(H,24,25,28). The summed E-state index contributed by atoms with van der Waals surface area (Å²) in [5, 5.41) is 8.81. The van der Waals surface area contributed by atoms with Crippen LogP contribution in [-0.4, -0.2) is 21.2 Å². The number of para-hydroxylation sites is 1. The molecule has 3 heterocycles. The van der Waals surface area contributed by atoms with Crippen LogP contribution in [0.25, 0.3) is 32.2 Å². The summed E-state index contributed by atoms with van der Waals surface area (Å²) in [4.78, 5) is 14.1. The Morgan fingerprint density at radius 3 is 2.72 bits per heavy atom. The number of hydrazone groups is 1. The molecular weight excluding hydrogens is 402 g/mol. The number of anilines is 1. The number of nitrogens with zero attached hydrogens (tertiary/aromatic N) is 4. The van der Waals surface area contributed by atoms with E-state index in [1.165, 1.54) is 6.33 Å². The average Bonchev–Trinajstić information content (AvgIpc) is 3.20. The lowest BCUT2D eigenvalue weighted by Crippen LogP contribution is -1.96. The van der Waals surface area contributed by atoms with Crippen molar-refractivity contribution in [2.75, 3.05) is 5.43 Å². The van der Waals surface area contributed by atoms with E-state index >= 15 is 0 Å². The number of nitrogens with one attached hydrogen (secondary N) is 1. The molecule has 7 heteroatoms. The van der Waals surface area contributed by atoms with Gasteiger partial charge in [0.15, 0.2) is 5.82 Å². The maximum Gasteiger partial charge on any atom is 0.159 e. The van der Waals surface area contributed by atoms with Crippen LogP contribution in [-0.2, 0) is 0 Å². The van der Waals surface area contributed by atoms with E-state index < -0.39 is 0 Å². The number of fused-ring (bicyclic) bond motifs is 2. The highest BCUT2D eigenvalue weighted by Crippen LogP contribution is 2.36. The molecule has 5 nitrogen and oxygen atoms in total. The van der Waals surface area contributed by atoms with Gasteiger partial charge in [-0.2, -0.15) is 5.10 Å². The van der Waals surface area contributed by atoms with Crippen molar-refractivity contribution in [1.82, 2.24) is 15.0 Å². The van der Waals surface area contributed by atoms with Crippen LogP contribution in [0.3, 0.4) is 0 Å². The van der Waals surface area contributed by atoms with Crippen molar-refractivity contribution < 1.29 is 0 Å². The number of pyridine rings is 1. The first-order valence-electron chi connectivity index (χ1n) is 8.91. The highest BCUT2D eigenvalue weighted by molar-refractivity contribution is 7.17. The number of hydrogen-bond donors (Lipinski definition) is 1. The lowest BCUT2D eigenvalue weighted by Gasteiger charge is -2.05. The molecular formula is C22H14ClN5S. The zero-order valence-electron chi connectivity index (χ0n) is 15.1. The number of halogens is 1. The van der Waals surface area contributed by atoms with E-state index in [9.17, 15) is 0 Å². The summed E-state index contributed by atoms with van der Waals surface area (Å²) in [6.45, 7) is 0. The Balaban J connectivity index is 1.50. The van der Waals surface area contributed by atoms with Crippen LogP contribution < -0.4 is 5.43 Å². The van der Waals surface area contributed by atoms with Crippen LogP contribution >= 0.6 is 22.9 Å². The molecule has 2 aromatic carbocycles. The number of thiophene rings is 1. The minimum atomic E-state index is 0.405. The fraction of sp³-hybridized carbons (Fsp3) is 0. The van der Waals surface area contributed by atoms with E-state index in [-0.39, 0.29) is 0 Å². The number of rotatable bonds is 4. The Kier molecular flexibility index (Phi) is 4.63. The summed E-state index contributed by atoms with van der Waals surface area (Å²) in [6.07, 6.45) is 3.19. The molecule has 0 bridgehead atoms. The summed E-state index contributed by atoms with van der Waals surface area (Å²) in [5.74, 6) is 0.649. The van der Waals surface area contributed by atoms with Gasteiger partial charge in [-0.05, 0) is 17.7 Å². The first kappa shape index (κ1) is 17.7. The molecule has 3 aromatic heterocycles. The molecule has 0 fully saturated rings. The molecule has 29 heavy (non-hydrogen) atoms. The Labute approximate surface area is 175 Å². The fourth-order valence-electron chi connectivity index (χ4n) is 3.15. The first-order valence-corrected chi connectivity index (χ1v) is 10.2. The van der Waals surface area contributed by atoms with Crippen molar-refractivity contribution in [2.45, 2.75) is 0 Å². The lowest BCUT2D eigenvalue weighted by molar-refractivity contribution is 1.19. The Morgan fingerprint density at radius 2 is 1.83 bits per heavy atom. The second-order valence-electron chi connectivity index (χ2n) is 6.35. The van der Waals surface area contributed by atoms with Gasteiger partial charge in [-0.15, -0.1) is 11.3 Å². The van der Waals surface area contributed by atoms with Gasteiger partial charge in [0.1, 0.15) is 16.3 Å². The quantitative estimate of drug-likeness (QED) is 0.222. The second kappa shape index (κ2) is 7.58. The van der Waals surface area contributed by atoms with E-state index in [1.807, 2.05) is 48.5 Å². The Hall–Kier alpha value is -3.35. The normalized spacial score (nSPS) is 11.5. The van der Waals surface area contributed by atoms with Crippen molar-refractivity contribution in [2.24, 2.45) is 5.10 Å². The smallest absolute Gasteiger partial charge is 0.159 e. The molecule has 0 aliphatic heterocycles. The predicted molar refractivity (Wildman–Crippen MR) is 121 cm³/mol. The zero-order valence-corrected chi connectivity index (χ0v) is 16.7. The summed E-state index contributed by atoms with van der Waals surface area (Å²) in [5.41, 5.74) is 6.82. The van der Waals surface area contributed by atoms with E-state index in [1.54, 1.807) is 17.6 Å². The molecule has 1 N–H and O–H groups in total. The van der Waals surface area contributed by atoms with Crippen LogP contribution in [0.15, 0.2) is 77.5 Å². The number of benzene rings is 2. The third-order valence-electron chi connectivity index (χ3n) is 4.53. The molecule has 140 valence electrons. The van der Waals surface area contributed by atoms with E-state index in [0.717, 1.165) is 37.8 Å². The molecule has 0 saturated heterocycles. The van der Waals surface area contributed by atoms with Gasteiger partial charge in [-0.1, -0.05) is 60.1 Å². The minimum absolute atomic E-state index is 0.405. The lowest BCUT2D eigenvalue weighted by atomic mass is 10.1. The van der Waals surface area contributed by atoms with Gasteiger partial charge in [0, 0.05) is 21.9 Å². The van der Waals surface area contributed by atoms with Crippen molar-refractivity contribution in [3.8, 4) is 11.1 Å². The van der Waals surface area contributed by atoms with Gasteiger partial charge in [0.05, 0.1) is 17.1 Å². The minimum Gasteiger partial charge on any atom is -0.261 e. The average molecular weight is 416 g/mol. The van der Waals surface area contributed by atoms with Crippen molar-refractivity contribution in [1.29, 1.82) is 0 Å². The van der Waals surface area contributed by atoms with Crippen LogP contribution in [0.2, 0.25) is 5.15 Å². The van der Waals surface area contributed by atoms with Crippen molar-refractivity contribution >= 4 is 56.1 Å². The van der Waals surface area contributed by atoms with E-state index in [2.05, 4.69) is 43.0 Å². The molecule has 0 radical (unpaired) electrons. The number of aromatic nitrogens is 3. The van der Waals surface area contributed by atoms with Crippen LogP contribution in [0.4, 0.5) is 5.82 Å². The summed E-state index contributed by atoms with van der Waals surface area (Å²) >= 11 is 7.90. The fourth-order valence-corrected chi connectivity index (χ4v) is 4.26. The van der Waals surface area contributed by atoms with Gasteiger partial charge >= 0.3 is 0 Å². The molecule has 5 rings (SSSR count). The SMILES string of the molecule is Clc1nc2ccccc2cc1C=NNc1ncnc2scc(-c3ccccc3)c12.